The van der Waals surface area contributed by atoms with E-state index in [1.807, 2.05) is 50.2 Å². The Bertz CT molecular complexity index is 634. The maximum atomic E-state index is 11.0. The molecule has 0 aliphatic carbocycles. The summed E-state index contributed by atoms with van der Waals surface area (Å²) in [5.41, 5.74) is 3.25. The molecule has 0 aliphatic heterocycles. The monoisotopic (exact) mass is 282 g/mol. The highest BCUT2D eigenvalue weighted by atomic mass is 16.5. The Morgan fingerprint density at radius 2 is 1.57 bits per heavy atom. The van der Waals surface area contributed by atoms with E-state index >= 15 is 0 Å². The van der Waals surface area contributed by atoms with Gasteiger partial charge < -0.3 is 9.47 Å². The van der Waals surface area contributed by atoms with Gasteiger partial charge >= 0.3 is 5.97 Å². The van der Waals surface area contributed by atoms with E-state index in [-0.39, 0.29) is 5.97 Å². The molecule has 0 aromatic heterocycles. The molecule has 2 aromatic carbocycles. The number of rotatable bonds is 4. The predicted molar refractivity (Wildman–Crippen MR) is 83.5 cm³/mol. The molecule has 0 heterocycles. The zero-order valence-electron chi connectivity index (χ0n) is 12.4. The van der Waals surface area contributed by atoms with Crippen LogP contribution in [0.15, 0.2) is 48.5 Å². The second-order valence-electron chi connectivity index (χ2n) is 4.85. The predicted octanol–water partition coefficient (Wildman–Crippen LogP) is 4.28. The highest BCUT2D eigenvalue weighted by Gasteiger charge is 2.00. The second-order valence-corrected chi connectivity index (χ2v) is 4.85. The highest BCUT2D eigenvalue weighted by molar-refractivity contribution is 5.86. The molecule has 0 saturated heterocycles. The number of hydrogen-bond donors (Lipinski definition) is 0. The first-order valence-corrected chi connectivity index (χ1v) is 6.69. The van der Waals surface area contributed by atoms with Gasteiger partial charge in [-0.2, -0.15) is 0 Å². The van der Waals surface area contributed by atoms with Crippen molar-refractivity contribution in [3.05, 3.63) is 65.2 Å². The minimum absolute atomic E-state index is 0.370. The third-order valence-electron chi connectivity index (χ3n) is 2.92. The molecular formula is C18H18O3. The van der Waals surface area contributed by atoms with Crippen molar-refractivity contribution < 1.29 is 14.3 Å². The van der Waals surface area contributed by atoms with Crippen LogP contribution in [-0.4, -0.2) is 13.1 Å². The fourth-order valence-corrected chi connectivity index (χ4v) is 2.01. The second kappa shape index (κ2) is 6.75. The molecule has 3 heteroatoms. The Balaban J connectivity index is 2.08. The summed E-state index contributed by atoms with van der Waals surface area (Å²) in [7, 11) is 1.35. The third kappa shape index (κ3) is 4.49. The molecule has 0 bridgehead atoms. The van der Waals surface area contributed by atoms with Crippen LogP contribution in [-0.2, 0) is 9.53 Å². The number of esters is 1. The van der Waals surface area contributed by atoms with Gasteiger partial charge in [-0.25, -0.2) is 4.79 Å². The smallest absolute Gasteiger partial charge is 0.330 e. The lowest BCUT2D eigenvalue weighted by Gasteiger charge is -2.08. The maximum absolute atomic E-state index is 11.0. The summed E-state index contributed by atoms with van der Waals surface area (Å²) in [5.74, 6) is 1.21. The van der Waals surface area contributed by atoms with E-state index < -0.39 is 0 Å². The van der Waals surface area contributed by atoms with Gasteiger partial charge in [-0.3, -0.25) is 0 Å². The van der Waals surface area contributed by atoms with Gasteiger partial charge in [-0.15, -0.1) is 0 Å². The molecule has 0 radical (unpaired) electrons. The molecule has 2 aromatic rings. The number of methoxy groups -OCH3 is 1. The summed E-state index contributed by atoms with van der Waals surface area (Å²) in [6.45, 7) is 4.08. The first-order chi connectivity index (χ1) is 10.1. The van der Waals surface area contributed by atoms with Crippen LogP contribution in [0.1, 0.15) is 16.7 Å². The lowest BCUT2D eigenvalue weighted by Crippen LogP contribution is -1.93. The minimum atomic E-state index is -0.370. The van der Waals surface area contributed by atoms with E-state index in [4.69, 9.17) is 4.74 Å². The van der Waals surface area contributed by atoms with E-state index in [1.165, 1.54) is 24.3 Å². The van der Waals surface area contributed by atoms with Crippen LogP contribution in [0, 0.1) is 13.8 Å². The average molecular weight is 282 g/mol. The standard InChI is InChI=1S/C18H18O3/c1-13-10-14(2)12-17(11-13)21-16-7-4-15(5-8-16)6-9-18(19)20-3/h4-12H,1-3H3/b9-6+. The van der Waals surface area contributed by atoms with Gasteiger partial charge in [0, 0.05) is 6.08 Å². The molecule has 0 saturated carbocycles. The van der Waals surface area contributed by atoms with Gasteiger partial charge in [0.05, 0.1) is 7.11 Å². The summed E-state index contributed by atoms with van der Waals surface area (Å²) in [4.78, 5) is 11.0. The van der Waals surface area contributed by atoms with Crippen LogP contribution in [0.2, 0.25) is 0 Å². The van der Waals surface area contributed by atoms with Gasteiger partial charge in [0.2, 0.25) is 0 Å². The molecule has 21 heavy (non-hydrogen) atoms. The quantitative estimate of drug-likeness (QED) is 0.620. The molecule has 0 fully saturated rings. The number of hydrogen-bond acceptors (Lipinski definition) is 3. The summed E-state index contributed by atoms with van der Waals surface area (Å²) in [6, 6.07) is 13.6. The molecular weight excluding hydrogens is 264 g/mol. The number of benzene rings is 2. The van der Waals surface area contributed by atoms with Crippen molar-refractivity contribution in [2.75, 3.05) is 7.11 Å². The Hall–Kier alpha value is -2.55. The Morgan fingerprint density at radius 1 is 0.952 bits per heavy atom. The Kier molecular flexibility index (Phi) is 4.77. The summed E-state index contributed by atoms with van der Waals surface area (Å²) in [5, 5.41) is 0. The van der Waals surface area contributed by atoms with Crippen molar-refractivity contribution >= 4 is 12.0 Å². The fraction of sp³-hybridized carbons (Fsp3) is 0.167. The molecule has 0 aliphatic rings. The van der Waals surface area contributed by atoms with Gasteiger partial charge in [0.15, 0.2) is 0 Å². The Labute approximate surface area is 124 Å². The number of ether oxygens (including phenoxy) is 2. The molecule has 108 valence electrons. The largest absolute Gasteiger partial charge is 0.466 e. The van der Waals surface area contributed by atoms with Gasteiger partial charge in [0.1, 0.15) is 11.5 Å². The molecule has 2 rings (SSSR count). The molecule has 0 unspecified atom stereocenters. The summed E-state index contributed by atoms with van der Waals surface area (Å²) in [6.07, 6.45) is 3.09. The van der Waals surface area contributed by atoms with Crippen LogP contribution in [0.25, 0.3) is 6.08 Å². The van der Waals surface area contributed by atoms with E-state index in [2.05, 4.69) is 10.8 Å². The van der Waals surface area contributed by atoms with E-state index in [1.54, 1.807) is 6.08 Å². The van der Waals surface area contributed by atoms with Crippen molar-refractivity contribution in [1.29, 1.82) is 0 Å². The van der Waals surface area contributed by atoms with Crippen molar-refractivity contribution in [2.45, 2.75) is 13.8 Å². The van der Waals surface area contributed by atoms with E-state index in [0.29, 0.717) is 0 Å². The maximum Gasteiger partial charge on any atom is 0.330 e. The van der Waals surface area contributed by atoms with Crippen LogP contribution >= 0.6 is 0 Å². The van der Waals surface area contributed by atoms with Gasteiger partial charge in [0.25, 0.3) is 0 Å². The molecule has 0 spiro atoms. The topological polar surface area (TPSA) is 35.5 Å². The number of carbonyl (C=O) groups is 1. The Morgan fingerprint density at radius 3 is 2.14 bits per heavy atom. The van der Waals surface area contributed by atoms with Crippen LogP contribution in [0.5, 0.6) is 11.5 Å². The average Bonchev–Trinajstić information content (AvgIpc) is 2.45. The fourth-order valence-electron chi connectivity index (χ4n) is 2.01. The summed E-state index contributed by atoms with van der Waals surface area (Å²) < 4.78 is 10.4. The zero-order valence-corrected chi connectivity index (χ0v) is 12.4. The summed E-state index contributed by atoms with van der Waals surface area (Å²) >= 11 is 0. The van der Waals surface area contributed by atoms with Gasteiger partial charge in [-0.1, -0.05) is 18.2 Å². The van der Waals surface area contributed by atoms with Crippen molar-refractivity contribution in [2.24, 2.45) is 0 Å². The minimum Gasteiger partial charge on any atom is -0.466 e. The van der Waals surface area contributed by atoms with Crippen LogP contribution < -0.4 is 4.74 Å². The number of carbonyl (C=O) groups excluding carboxylic acids is 1. The molecule has 0 amide bonds. The first-order valence-electron chi connectivity index (χ1n) is 6.69. The van der Waals surface area contributed by atoms with Crippen molar-refractivity contribution in [3.63, 3.8) is 0 Å². The van der Waals surface area contributed by atoms with E-state index in [9.17, 15) is 4.79 Å². The first kappa shape index (κ1) is 14.9. The van der Waals surface area contributed by atoms with Gasteiger partial charge in [-0.05, 0) is 60.9 Å². The molecule has 3 nitrogen and oxygen atoms in total. The zero-order chi connectivity index (χ0) is 15.2. The highest BCUT2D eigenvalue weighted by Crippen LogP contribution is 2.24. The number of aryl methyl sites for hydroxylation is 2. The van der Waals surface area contributed by atoms with Crippen molar-refractivity contribution in [3.8, 4) is 11.5 Å². The SMILES string of the molecule is COC(=O)/C=C/c1ccc(Oc2cc(C)cc(C)c2)cc1. The van der Waals surface area contributed by atoms with Crippen molar-refractivity contribution in [1.82, 2.24) is 0 Å². The molecule has 0 atom stereocenters. The van der Waals surface area contributed by atoms with E-state index in [0.717, 1.165) is 17.1 Å². The lowest BCUT2D eigenvalue weighted by atomic mass is 10.1. The normalized spacial score (nSPS) is 10.6. The molecule has 0 N–H and O–H groups in total. The lowest BCUT2D eigenvalue weighted by molar-refractivity contribution is -0.134. The third-order valence-corrected chi connectivity index (χ3v) is 2.92. The van der Waals surface area contributed by atoms with Crippen LogP contribution in [0.3, 0.4) is 0 Å². The van der Waals surface area contributed by atoms with Crippen LogP contribution in [0.4, 0.5) is 0 Å².